The molecule has 0 aliphatic carbocycles. The van der Waals surface area contributed by atoms with E-state index in [4.69, 9.17) is 4.74 Å². The van der Waals surface area contributed by atoms with Crippen LogP contribution in [-0.4, -0.2) is 17.5 Å². The summed E-state index contributed by atoms with van der Waals surface area (Å²) in [5, 5.41) is -0.0480. The van der Waals surface area contributed by atoms with Crippen molar-refractivity contribution in [3.05, 3.63) is 39.7 Å². The van der Waals surface area contributed by atoms with E-state index in [9.17, 15) is 18.4 Å². The molecule has 1 aromatic heterocycles. The zero-order chi connectivity index (χ0) is 12.9. The molecule has 2 aromatic rings. The van der Waals surface area contributed by atoms with E-state index < -0.39 is 17.1 Å². The molecule has 92 valence electrons. The Labute approximate surface area is 99.4 Å². The Morgan fingerprint density at radius 2 is 2.17 bits per heavy atom. The van der Waals surface area contributed by atoms with Crippen LogP contribution in [0, 0.1) is 11.6 Å². The van der Waals surface area contributed by atoms with Crippen molar-refractivity contribution in [3.63, 3.8) is 0 Å². The second-order valence-electron chi connectivity index (χ2n) is 3.97. The zero-order valence-corrected chi connectivity index (χ0v) is 9.07. The Hall–Kier alpha value is -2.24. The van der Waals surface area contributed by atoms with Crippen molar-refractivity contribution in [2.24, 2.45) is 0 Å². The summed E-state index contributed by atoms with van der Waals surface area (Å²) in [5.41, 5.74) is -0.515. The minimum absolute atomic E-state index is 0.0480. The lowest BCUT2D eigenvalue weighted by Gasteiger charge is -2.21. The van der Waals surface area contributed by atoms with Gasteiger partial charge in [-0.25, -0.2) is 4.39 Å². The Kier molecular flexibility index (Phi) is 2.19. The first-order chi connectivity index (χ1) is 8.63. The lowest BCUT2D eigenvalue weighted by Crippen LogP contribution is -2.22. The number of aldehydes is 1. The fourth-order valence-electron chi connectivity index (χ4n) is 2.14. The van der Waals surface area contributed by atoms with Crippen molar-refractivity contribution >= 4 is 17.2 Å². The van der Waals surface area contributed by atoms with Gasteiger partial charge in [-0.2, -0.15) is 4.39 Å². The summed E-state index contributed by atoms with van der Waals surface area (Å²) >= 11 is 0. The van der Waals surface area contributed by atoms with Gasteiger partial charge in [0.05, 0.1) is 23.0 Å². The first kappa shape index (κ1) is 10.9. The fraction of sp³-hybridized carbons (Fsp3) is 0.167. The first-order valence-corrected chi connectivity index (χ1v) is 5.26. The number of hydrogen-bond acceptors (Lipinski definition) is 3. The summed E-state index contributed by atoms with van der Waals surface area (Å²) < 4.78 is 33.6. The second kappa shape index (κ2) is 3.63. The molecule has 0 N–H and O–H groups in total. The highest BCUT2D eigenvalue weighted by Gasteiger charge is 2.23. The van der Waals surface area contributed by atoms with Crippen LogP contribution in [0.4, 0.5) is 8.78 Å². The average molecular weight is 251 g/mol. The van der Waals surface area contributed by atoms with Gasteiger partial charge >= 0.3 is 0 Å². The summed E-state index contributed by atoms with van der Waals surface area (Å²) in [7, 11) is 0. The maximum absolute atomic E-state index is 13.6. The third-order valence-corrected chi connectivity index (χ3v) is 2.94. The SMILES string of the molecule is O=Cc1cn2c3c(c(F)c(F)cc3c1=O)OCC2. The molecule has 18 heavy (non-hydrogen) atoms. The monoisotopic (exact) mass is 251 g/mol. The molecule has 1 aromatic carbocycles. The van der Waals surface area contributed by atoms with E-state index in [0.717, 1.165) is 6.07 Å². The van der Waals surface area contributed by atoms with Gasteiger partial charge in [0.2, 0.25) is 5.82 Å². The van der Waals surface area contributed by atoms with Gasteiger partial charge in [-0.05, 0) is 6.07 Å². The smallest absolute Gasteiger partial charge is 0.202 e. The summed E-state index contributed by atoms with van der Waals surface area (Å²) in [6.07, 6.45) is 1.74. The van der Waals surface area contributed by atoms with Gasteiger partial charge in [0.1, 0.15) is 6.61 Å². The zero-order valence-electron chi connectivity index (χ0n) is 9.07. The minimum atomic E-state index is -1.16. The molecule has 1 aliphatic heterocycles. The quantitative estimate of drug-likeness (QED) is 0.721. The van der Waals surface area contributed by atoms with E-state index in [2.05, 4.69) is 0 Å². The third-order valence-electron chi connectivity index (χ3n) is 2.94. The van der Waals surface area contributed by atoms with Crippen LogP contribution in [0.2, 0.25) is 0 Å². The van der Waals surface area contributed by atoms with Gasteiger partial charge in [-0.15, -0.1) is 0 Å². The molecule has 0 saturated heterocycles. The van der Waals surface area contributed by atoms with Crippen molar-refractivity contribution in [2.45, 2.75) is 6.54 Å². The summed E-state index contributed by atoms with van der Waals surface area (Å²) in [6.45, 7) is 0.527. The maximum atomic E-state index is 13.6. The summed E-state index contributed by atoms with van der Waals surface area (Å²) in [6, 6.07) is 0.800. The number of carbonyl (C=O) groups is 1. The molecule has 0 unspecified atom stereocenters. The van der Waals surface area contributed by atoms with E-state index in [0.29, 0.717) is 12.8 Å². The highest BCUT2D eigenvalue weighted by Crippen LogP contribution is 2.31. The Bertz CT molecular complexity index is 736. The normalized spacial score (nSPS) is 13.4. The van der Waals surface area contributed by atoms with Crippen molar-refractivity contribution in [1.82, 2.24) is 4.57 Å². The average Bonchev–Trinajstić information content (AvgIpc) is 2.38. The Morgan fingerprint density at radius 3 is 2.89 bits per heavy atom. The summed E-state index contributed by atoms with van der Waals surface area (Å²) in [5.74, 6) is -2.55. The molecule has 0 amide bonds. The molecule has 0 saturated carbocycles. The van der Waals surface area contributed by atoms with Crippen LogP contribution in [0.5, 0.6) is 5.75 Å². The topological polar surface area (TPSA) is 48.3 Å². The number of ether oxygens (including phenoxy) is 1. The number of rotatable bonds is 1. The van der Waals surface area contributed by atoms with Gasteiger partial charge in [0, 0.05) is 6.20 Å². The molecule has 2 heterocycles. The lowest BCUT2D eigenvalue weighted by molar-refractivity contribution is 0.112. The van der Waals surface area contributed by atoms with Gasteiger partial charge in [-0.1, -0.05) is 0 Å². The number of hydrogen-bond donors (Lipinski definition) is 0. The maximum Gasteiger partial charge on any atom is 0.202 e. The largest absolute Gasteiger partial charge is 0.486 e. The van der Waals surface area contributed by atoms with Gasteiger partial charge in [0.15, 0.2) is 23.3 Å². The Morgan fingerprint density at radius 1 is 1.39 bits per heavy atom. The summed E-state index contributed by atoms with van der Waals surface area (Å²) in [4.78, 5) is 22.7. The van der Waals surface area contributed by atoms with Crippen LogP contribution < -0.4 is 10.2 Å². The highest BCUT2D eigenvalue weighted by molar-refractivity contribution is 5.90. The van der Waals surface area contributed by atoms with Crippen molar-refractivity contribution < 1.29 is 18.3 Å². The highest BCUT2D eigenvalue weighted by atomic mass is 19.2. The first-order valence-electron chi connectivity index (χ1n) is 5.26. The van der Waals surface area contributed by atoms with Crippen LogP contribution in [0.3, 0.4) is 0 Å². The van der Waals surface area contributed by atoms with Crippen LogP contribution in [0.15, 0.2) is 17.1 Å². The molecule has 0 radical (unpaired) electrons. The van der Waals surface area contributed by atoms with Crippen molar-refractivity contribution in [3.8, 4) is 5.75 Å². The number of nitrogens with zero attached hydrogens (tertiary/aromatic N) is 1. The number of halogens is 2. The van der Waals surface area contributed by atoms with E-state index in [1.54, 1.807) is 0 Å². The number of pyridine rings is 1. The molecule has 1 aliphatic rings. The molecule has 0 bridgehead atoms. The fourth-order valence-corrected chi connectivity index (χ4v) is 2.14. The van der Waals surface area contributed by atoms with Gasteiger partial charge in [-0.3, -0.25) is 9.59 Å². The molecule has 0 atom stereocenters. The predicted molar refractivity (Wildman–Crippen MR) is 59.0 cm³/mol. The van der Waals surface area contributed by atoms with Crippen LogP contribution in [0.1, 0.15) is 10.4 Å². The van der Waals surface area contributed by atoms with E-state index >= 15 is 0 Å². The van der Waals surface area contributed by atoms with E-state index in [-0.39, 0.29) is 28.8 Å². The lowest BCUT2D eigenvalue weighted by atomic mass is 10.1. The molecule has 6 heteroatoms. The standard InChI is InChI=1S/C12H7F2NO3/c13-8-3-7-10-12(9(8)14)18-2-1-15(10)4-6(5-16)11(7)17/h3-5H,1-2H2. The molecular formula is C12H7F2NO3. The van der Waals surface area contributed by atoms with E-state index in [1.807, 2.05) is 0 Å². The number of benzene rings is 1. The number of carbonyl (C=O) groups excluding carboxylic acids is 1. The van der Waals surface area contributed by atoms with Crippen LogP contribution in [0.25, 0.3) is 10.9 Å². The number of aromatic nitrogens is 1. The third kappa shape index (κ3) is 1.28. The van der Waals surface area contributed by atoms with Crippen LogP contribution >= 0.6 is 0 Å². The predicted octanol–water partition coefficient (Wildman–Crippen LogP) is 1.48. The van der Waals surface area contributed by atoms with Gasteiger partial charge in [0.25, 0.3) is 0 Å². The molecule has 0 fully saturated rings. The van der Waals surface area contributed by atoms with Crippen LogP contribution in [-0.2, 0) is 6.54 Å². The molecule has 4 nitrogen and oxygen atoms in total. The minimum Gasteiger partial charge on any atom is -0.486 e. The van der Waals surface area contributed by atoms with Crippen molar-refractivity contribution in [2.75, 3.05) is 6.61 Å². The second-order valence-corrected chi connectivity index (χ2v) is 3.97. The molecule has 0 spiro atoms. The van der Waals surface area contributed by atoms with Gasteiger partial charge < -0.3 is 9.30 Å². The van der Waals surface area contributed by atoms with E-state index in [1.165, 1.54) is 10.8 Å². The Balaban J connectivity index is 2.58. The molecular weight excluding hydrogens is 244 g/mol. The van der Waals surface area contributed by atoms with Crippen molar-refractivity contribution in [1.29, 1.82) is 0 Å². The molecule has 3 rings (SSSR count).